The first kappa shape index (κ1) is 109. The predicted molar refractivity (Wildman–Crippen MR) is 594 cm³/mol. The summed E-state index contributed by atoms with van der Waals surface area (Å²) >= 11 is 19.2. The number of aryl methyl sites for hydroxylation is 1. The van der Waals surface area contributed by atoms with Gasteiger partial charge in [0.05, 0.1) is 97.5 Å². The Hall–Kier alpha value is -12.0. The molecule has 8 aromatic carbocycles. The molecule has 145 heavy (non-hydrogen) atoms. The van der Waals surface area contributed by atoms with Crippen LogP contribution in [-0.2, 0) is 32.8 Å². The number of piperazine rings is 1. The van der Waals surface area contributed by atoms with Crippen molar-refractivity contribution in [1.29, 1.82) is 0 Å². The van der Waals surface area contributed by atoms with Crippen LogP contribution < -0.4 is 97.0 Å². The molecular formula is C103H129Cl3N22O12P4S. The molecule has 34 nitrogen and oxygen atoms in total. The second-order valence-electron chi connectivity index (χ2n) is 37.6. The van der Waals surface area contributed by atoms with E-state index in [9.17, 15) is 31.5 Å². The lowest BCUT2D eigenvalue weighted by atomic mass is 10.1. The highest BCUT2D eigenvalue weighted by atomic mass is 35.5. The summed E-state index contributed by atoms with van der Waals surface area (Å²) in [4.78, 5) is 63.7. The molecule has 0 atom stereocenters. The lowest BCUT2D eigenvalue weighted by Gasteiger charge is -2.34. The van der Waals surface area contributed by atoms with Crippen LogP contribution in [0.15, 0.2) is 200 Å². The number of rotatable bonds is 30. The number of likely N-dealkylation sites (N-methyl/N-ethyl adjacent to an activating group) is 2. The number of halogens is 3. The van der Waals surface area contributed by atoms with Crippen molar-refractivity contribution in [2.24, 2.45) is 0 Å². The van der Waals surface area contributed by atoms with Gasteiger partial charge < -0.3 is 113 Å². The van der Waals surface area contributed by atoms with Crippen molar-refractivity contribution in [2.75, 3.05) is 238 Å². The summed E-state index contributed by atoms with van der Waals surface area (Å²) in [5, 5.41) is 26.4. The Bertz CT molecular complexity index is 6890. The number of piperidine rings is 2. The van der Waals surface area contributed by atoms with Crippen molar-refractivity contribution in [3.8, 4) is 23.0 Å². The van der Waals surface area contributed by atoms with E-state index in [1.165, 1.54) is 44.5 Å². The van der Waals surface area contributed by atoms with E-state index in [1.807, 2.05) is 121 Å². The first-order chi connectivity index (χ1) is 69.2. The van der Waals surface area contributed by atoms with Gasteiger partial charge in [0.2, 0.25) is 23.8 Å². The van der Waals surface area contributed by atoms with Gasteiger partial charge in [0.1, 0.15) is 67.0 Å². The monoisotopic (exact) mass is 2130 g/mol. The van der Waals surface area contributed by atoms with E-state index in [1.54, 1.807) is 141 Å². The fourth-order valence-corrected chi connectivity index (χ4v) is 23.3. The third-order valence-electron chi connectivity index (χ3n) is 25.2. The number of methoxy groups -OCH3 is 4. The second-order valence-corrected chi connectivity index (χ2v) is 53.8. The largest absolute Gasteiger partial charge is 0.495 e. The second kappa shape index (κ2) is 48.6. The van der Waals surface area contributed by atoms with Crippen LogP contribution in [0.1, 0.15) is 56.9 Å². The maximum Gasteiger partial charge on any atom is 0.410 e. The molecule has 17 rings (SSSR count). The Kier molecular flexibility index (Phi) is 36.4. The lowest BCUT2D eigenvalue weighted by Crippen LogP contribution is -2.44. The van der Waals surface area contributed by atoms with Crippen LogP contribution in [0, 0.1) is 6.92 Å². The highest BCUT2D eigenvalue weighted by Crippen LogP contribution is 2.46. The molecule has 5 aliphatic rings. The highest BCUT2D eigenvalue weighted by Gasteiger charge is 2.39. The fourth-order valence-electron chi connectivity index (χ4n) is 16.8. The number of carbonyl (C=O) groups is 1. The molecule has 1 amide bonds. The van der Waals surface area contributed by atoms with Gasteiger partial charge in [-0.3, -0.25) is 0 Å². The van der Waals surface area contributed by atoms with E-state index in [-0.39, 0.29) is 33.3 Å². The minimum atomic E-state index is -3.43. The molecule has 4 aliphatic heterocycles. The maximum atomic E-state index is 13.0. The third kappa shape index (κ3) is 29.1. The molecule has 0 unspecified atom stereocenters. The van der Waals surface area contributed by atoms with Gasteiger partial charge in [0, 0.05) is 154 Å². The molecule has 5 fully saturated rings. The number of para-hydroxylation sites is 3. The molecular weight excluding hydrogens is 2000 g/mol. The summed E-state index contributed by atoms with van der Waals surface area (Å²) in [5.74, 6) is 5.47. The molecule has 1 aliphatic carbocycles. The molecule has 42 heteroatoms. The minimum Gasteiger partial charge on any atom is -0.495 e. The Morgan fingerprint density at radius 3 is 1.37 bits per heavy atom. The van der Waals surface area contributed by atoms with Crippen LogP contribution >= 0.6 is 63.4 Å². The minimum absolute atomic E-state index is 0.0824. The summed E-state index contributed by atoms with van der Waals surface area (Å²) < 4.78 is 104. The zero-order valence-electron chi connectivity index (χ0n) is 84.7. The smallest absolute Gasteiger partial charge is 0.410 e. The van der Waals surface area contributed by atoms with Gasteiger partial charge in [-0.2, -0.15) is 19.9 Å². The molecule has 770 valence electrons. The van der Waals surface area contributed by atoms with Crippen LogP contribution in [0.3, 0.4) is 0 Å². The topological polar surface area (TPSA) is 376 Å². The molecule has 1 saturated carbocycles. The first-order valence-corrected chi connectivity index (χ1v) is 61.0. The summed E-state index contributed by atoms with van der Waals surface area (Å²) in [6.45, 7) is 27.0. The van der Waals surface area contributed by atoms with Crippen molar-refractivity contribution in [3.05, 3.63) is 215 Å². The summed E-state index contributed by atoms with van der Waals surface area (Å²) in [5.41, 5.74) is 10.1. The van der Waals surface area contributed by atoms with Crippen LogP contribution in [0.25, 0.3) is 0 Å². The number of aromatic nitrogens is 8. The summed E-state index contributed by atoms with van der Waals surface area (Å²) in [7, 11) is -0.907. The van der Waals surface area contributed by atoms with Crippen molar-refractivity contribution in [2.45, 2.75) is 74.5 Å². The average molecular weight is 2130 g/mol. The quantitative estimate of drug-likeness (QED) is 0.0206. The van der Waals surface area contributed by atoms with E-state index < -0.39 is 38.4 Å². The average Bonchev–Trinajstić information content (AvgIpc) is 1.64. The Morgan fingerprint density at radius 2 is 0.834 bits per heavy atom. The summed E-state index contributed by atoms with van der Waals surface area (Å²) in [6.07, 6.45) is 13.6. The number of nitrogens with zero attached hydrogens (tertiary/aromatic N) is 15. The zero-order chi connectivity index (χ0) is 104. The van der Waals surface area contributed by atoms with E-state index >= 15 is 0 Å². The van der Waals surface area contributed by atoms with Crippen LogP contribution in [0.4, 0.5) is 114 Å². The molecule has 4 saturated heterocycles. The number of sulfone groups is 1. The molecule has 7 N–H and O–H groups in total. The van der Waals surface area contributed by atoms with Gasteiger partial charge in [-0.25, -0.2) is 33.1 Å². The highest BCUT2D eigenvalue weighted by molar-refractivity contribution is 7.92. The lowest BCUT2D eigenvalue weighted by molar-refractivity contribution is 0.0528. The number of nitrogens with one attached hydrogen (secondary N) is 7. The number of anilines is 19. The van der Waals surface area contributed by atoms with Gasteiger partial charge in [-0.15, -0.1) is 0 Å². The van der Waals surface area contributed by atoms with Crippen LogP contribution in [0.2, 0.25) is 15.1 Å². The van der Waals surface area contributed by atoms with Gasteiger partial charge in [0.15, 0.2) is 38.9 Å². The predicted octanol–water partition coefficient (Wildman–Crippen LogP) is 20.6. The zero-order valence-corrected chi connectivity index (χ0v) is 91.4. The van der Waals surface area contributed by atoms with Crippen molar-refractivity contribution in [1.82, 2.24) is 54.6 Å². The van der Waals surface area contributed by atoms with E-state index in [4.69, 9.17) is 58.5 Å². The number of benzene rings is 8. The molecule has 0 bridgehead atoms. The summed E-state index contributed by atoms with van der Waals surface area (Å²) in [6, 6.07) is 53.1. The fraction of sp³-hybridized carbons (Fsp3) is 0.369. The first-order valence-electron chi connectivity index (χ1n) is 47.9. The number of hydrogen-bond donors (Lipinski definition) is 7. The van der Waals surface area contributed by atoms with Gasteiger partial charge in [-0.05, 0) is 246 Å². The number of hydrogen-bond acceptors (Lipinski definition) is 33. The van der Waals surface area contributed by atoms with E-state index in [2.05, 4.69) is 134 Å². The van der Waals surface area contributed by atoms with Crippen LogP contribution in [0.5, 0.6) is 23.0 Å². The number of carbonyl (C=O) groups excluding carboxylic acids is 1. The normalized spacial score (nSPS) is 15.0. The standard InChI is InChI=1S/C31H41ClN7O4P.C25H33N6O3P.C24H29ClN5OP.C23H26ClN4O4PS/c1-37-14-7-15-39(19-18-37)31(40)43-23-12-16-38(17-13-23)22-10-11-25(27(20-22)42-2)35-30-33-21-24(32)29(36-30)34-26-8-5-6-9-28(26)44(3,4)41;1-30-12-14-31(15-13-30)18-10-11-19(21(16-18)33-2)28-25-26-17-22(34-3)24(29-25)27-20-8-6-7-9-23(20)35(4,5)32;1-17-15-20(32(2,3)31)11-12-22(17)28-24-26-16-21(25)23(29-24)27-18-7-9-19(10-8-18)30-13-5-4-6-14-30;1-28(19-7-5-6-8-21(19)34(30,31)16-10-11-16)22-17(24)14-25-23(27-22)26-18-12-9-15(33(3,4)29)13-20(18)32-2/h5-6,8-11,20-21,23H,7,12-19H2,1-4H3,(H2,33,34,35,36);6-11,16-17H,12-15H2,1-5H3,(H2,26,27,28,29);7-12,15-16H,4-6,13-14H2,1-3H3,(H2,26,27,28,29);5-9,12-14,16H,10-11H2,1-4H3,(H,25,26,27). The SMILES string of the molecule is COc1cc(N2CCC(OC(=O)N3CCCN(C)CC3)CC2)ccc1Nc1ncc(Cl)c(Nc2ccccc2P(C)(C)=O)n1.COc1cc(N2CCN(C)CC2)ccc1Nc1ncc(OC)c(Nc2ccccc2P(C)(C)=O)n1.COc1cc(P(C)(C)=O)ccc1Nc1ncc(Cl)c(N(C)c2ccccc2S(=O)(=O)C2CC2)n1.Cc1cc(P(C)(C)=O)ccc1Nc1ncc(Cl)c(Nc2ccc(N3CCCCC3)cc2)n1. The molecule has 0 radical (unpaired) electrons. The van der Waals surface area contributed by atoms with Crippen LogP contribution in [-0.4, -0.2) is 262 Å². The molecule has 12 aromatic rings. The van der Waals surface area contributed by atoms with E-state index in [0.717, 1.165) is 142 Å². The molecule has 8 heterocycles. The van der Waals surface area contributed by atoms with E-state index in [0.29, 0.717) is 127 Å². The van der Waals surface area contributed by atoms with Gasteiger partial charge in [-0.1, -0.05) is 71.2 Å². The van der Waals surface area contributed by atoms with Crippen molar-refractivity contribution < 1.29 is 55.2 Å². The Labute approximate surface area is 865 Å². The van der Waals surface area contributed by atoms with Gasteiger partial charge in [0.25, 0.3) is 0 Å². The third-order valence-corrected chi connectivity index (χ3v) is 34.5. The molecule has 4 aromatic heterocycles. The van der Waals surface area contributed by atoms with Gasteiger partial charge >= 0.3 is 6.09 Å². The number of amides is 1. The number of ether oxygens (including phenoxy) is 5. The molecule has 0 spiro atoms. The maximum absolute atomic E-state index is 13.0. The Morgan fingerprint density at radius 1 is 0.400 bits per heavy atom. The van der Waals surface area contributed by atoms with Crippen molar-refractivity contribution in [3.63, 3.8) is 0 Å². The van der Waals surface area contributed by atoms with Crippen molar-refractivity contribution >= 4 is 210 Å². The Balaban J connectivity index is 0.000000154.